The molecule has 1 fully saturated rings. The number of hydrogen-bond acceptors (Lipinski definition) is 4. The van der Waals surface area contributed by atoms with E-state index in [0.717, 1.165) is 6.41 Å². The summed E-state index contributed by atoms with van der Waals surface area (Å²) >= 11 is 0. The molecule has 0 spiro atoms. The first-order chi connectivity index (χ1) is 8.61. The second-order valence-corrected chi connectivity index (χ2v) is 4.91. The van der Waals surface area contributed by atoms with Gasteiger partial charge >= 0.3 is 0 Å². The van der Waals surface area contributed by atoms with Gasteiger partial charge in [0.1, 0.15) is 17.8 Å². The number of aromatic nitrogens is 1. The molecule has 2 heterocycles. The number of piperazine rings is 1. The largest absolute Gasteiger partial charge is 0.446 e. The minimum Gasteiger partial charge on any atom is -0.446 e. The van der Waals surface area contributed by atoms with Crippen molar-refractivity contribution >= 4 is 12.3 Å². The van der Waals surface area contributed by atoms with Crippen LogP contribution < -0.4 is 5.32 Å². The maximum Gasteiger partial charge on any atom is 0.243 e. The van der Waals surface area contributed by atoms with Crippen molar-refractivity contribution < 1.29 is 14.0 Å². The van der Waals surface area contributed by atoms with Crippen molar-refractivity contribution in [3.05, 3.63) is 18.4 Å². The molecule has 0 saturated carbocycles. The van der Waals surface area contributed by atoms with Gasteiger partial charge in [-0.2, -0.15) is 0 Å². The highest BCUT2D eigenvalue weighted by molar-refractivity contribution is 5.85. The quantitative estimate of drug-likeness (QED) is 0.800. The molecule has 0 aromatic carbocycles. The summed E-state index contributed by atoms with van der Waals surface area (Å²) in [7, 11) is 0. The molecule has 18 heavy (non-hydrogen) atoms. The zero-order valence-corrected chi connectivity index (χ0v) is 10.5. The third-order valence-corrected chi connectivity index (χ3v) is 3.04. The SMILES string of the molecule is CC(C)CC1C(=O)NC(c2cnco2)CN1C=O. The first kappa shape index (κ1) is 12.6. The van der Waals surface area contributed by atoms with Gasteiger partial charge in [-0.15, -0.1) is 0 Å². The number of carbonyl (C=O) groups excluding carboxylic acids is 2. The van der Waals surface area contributed by atoms with E-state index >= 15 is 0 Å². The van der Waals surface area contributed by atoms with E-state index in [1.54, 1.807) is 6.20 Å². The molecule has 2 atom stereocenters. The zero-order valence-electron chi connectivity index (χ0n) is 10.5. The average molecular weight is 251 g/mol. The van der Waals surface area contributed by atoms with Crippen LogP contribution in [0, 0.1) is 5.92 Å². The van der Waals surface area contributed by atoms with E-state index in [9.17, 15) is 9.59 Å². The lowest BCUT2D eigenvalue weighted by atomic mass is 9.98. The Morgan fingerprint density at radius 1 is 1.67 bits per heavy atom. The van der Waals surface area contributed by atoms with E-state index < -0.39 is 0 Å². The van der Waals surface area contributed by atoms with Crippen molar-refractivity contribution in [3.8, 4) is 0 Å². The van der Waals surface area contributed by atoms with Crippen LogP contribution >= 0.6 is 0 Å². The van der Waals surface area contributed by atoms with Crippen LogP contribution in [-0.2, 0) is 9.59 Å². The third-order valence-electron chi connectivity index (χ3n) is 3.04. The summed E-state index contributed by atoms with van der Waals surface area (Å²) < 4.78 is 5.16. The molecule has 0 radical (unpaired) electrons. The molecule has 1 aromatic rings. The van der Waals surface area contributed by atoms with Crippen LogP contribution in [0.4, 0.5) is 0 Å². The van der Waals surface area contributed by atoms with Gasteiger partial charge in [-0.1, -0.05) is 13.8 Å². The van der Waals surface area contributed by atoms with Gasteiger partial charge in [-0.3, -0.25) is 9.59 Å². The first-order valence-electron chi connectivity index (χ1n) is 6.01. The van der Waals surface area contributed by atoms with E-state index in [1.165, 1.54) is 11.3 Å². The van der Waals surface area contributed by atoms with Crippen LogP contribution in [0.2, 0.25) is 0 Å². The van der Waals surface area contributed by atoms with Crippen molar-refractivity contribution in [2.24, 2.45) is 5.92 Å². The van der Waals surface area contributed by atoms with Gasteiger partial charge in [0.25, 0.3) is 0 Å². The monoisotopic (exact) mass is 251 g/mol. The van der Waals surface area contributed by atoms with E-state index in [4.69, 9.17) is 4.42 Å². The molecule has 98 valence electrons. The Kier molecular flexibility index (Phi) is 3.64. The van der Waals surface area contributed by atoms with E-state index in [2.05, 4.69) is 10.3 Å². The molecule has 1 aliphatic rings. The van der Waals surface area contributed by atoms with Crippen LogP contribution in [-0.4, -0.2) is 34.8 Å². The predicted molar refractivity (Wildman–Crippen MR) is 63.4 cm³/mol. The van der Waals surface area contributed by atoms with Crippen molar-refractivity contribution in [2.75, 3.05) is 6.54 Å². The van der Waals surface area contributed by atoms with Gasteiger partial charge in [0.15, 0.2) is 6.39 Å². The van der Waals surface area contributed by atoms with Gasteiger partial charge in [0.05, 0.1) is 6.20 Å². The fourth-order valence-electron chi connectivity index (χ4n) is 2.17. The molecule has 6 nitrogen and oxygen atoms in total. The van der Waals surface area contributed by atoms with Gasteiger partial charge in [0, 0.05) is 6.54 Å². The Labute approximate surface area is 105 Å². The smallest absolute Gasteiger partial charge is 0.243 e. The highest BCUT2D eigenvalue weighted by atomic mass is 16.3. The summed E-state index contributed by atoms with van der Waals surface area (Å²) in [4.78, 5) is 28.5. The molecular weight excluding hydrogens is 234 g/mol. The second kappa shape index (κ2) is 5.20. The number of oxazole rings is 1. The molecule has 0 aliphatic carbocycles. The lowest BCUT2D eigenvalue weighted by Gasteiger charge is -2.36. The van der Waals surface area contributed by atoms with Crippen LogP contribution in [0.15, 0.2) is 17.0 Å². The number of hydrogen-bond donors (Lipinski definition) is 1. The topological polar surface area (TPSA) is 75.4 Å². The van der Waals surface area contributed by atoms with Gasteiger partial charge in [0.2, 0.25) is 12.3 Å². The molecule has 2 rings (SSSR count). The Morgan fingerprint density at radius 2 is 2.44 bits per heavy atom. The third kappa shape index (κ3) is 2.52. The molecule has 1 aliphatic heterocycles. The Balaban J connectivity index is 2.12. The summed E-state index contributed by atoms with van der Waals surface area (Å²) in [6, 6.07) is -0.699. The normalized spacial score (nSPS) is 24.2. The van der Waals surface area contributed by atoms with Gasteiger partial charge in [-0.25, -0.2) is 4.98 Å². The van der Waals surface area contributed by atoms with Crippen molar-refractivity contribution in [1.29, 1.82) is 0 Å². The van der Waals surface area contributed by atoms with Crippen molar-refractivity contribution in [3.63, 3.8) is 0 Å². The number of carbonyl (C=O) groups is 2. The van der Waals surface area contributed by atoms with Crippen LogP contribution in [0.5, 0.6) is 0 Å². The molecule has 1 aromatic heterocycles. The van der Waals surface area contributed by atoms with Gasteiger partial charge in [-0.05, 0) is 12.3 Å². The Morgan fingerprint density at radius 3 is 3.00 bits per heavy atom. The number of amides is 2. The van der Waals surface area contributed by atoms with Crippen LogP contribution in [0.1, 0.15) is 32.1 Å². The van der Waals surface area contributed by atoms with E-state index in [0.29, 0.717) is 24.6 Å². The highest BCUT2D eigenvalue weighted by Crippen LogP contribution is 2.22. The first-order valence-corrected chi connectivity index (χ1v) is 6.01. The number of nitrogens with one attached hydrogen (secondary N) is 1. The summed E-state index contributed by atoms with van der Waals surface area (Å²) in [6.45, 7) is 4.47. The average Bonchev–Trinajstić information content (AvgIpc) is 2.84. The number of nitrogens with zero attached hydrogens (tertiary/aromatic N) is 2. The van der Waals surface area contributed by atoms with E-state index in [-0.39, 0.29) is 18.0 Å². The molecule has 1 N–H and O–H groups in total. The minimum absolute atomic E-state index is 0.136. The summed E-state index contributed by atoms with van der Waals surface area (Å²) in [5.41, 5.74) is 0. The Bertz CT molecular complexity index is 416. The Hall–Kier alpha value is -1.85. The molecule has 2 unspecified atom stereocenters. The summed E-state index contributed by atoms with van der Waals surface area (Å²) in [6.07, 6.45) is 4.26. The maximum atomic E-state index is 12.0. The maximum absolute atomic E-state index is 12.0. The predicted octanol–water partition coefficient (Wildman–Crippen LogP) is 0.719. The second-order valence-electron chi connectivity index (χ2n) is 4.91. The standard InChI is InChI=1S/C12H17N3O3/c1-8(2)3-10-12(17)14-9(5-15(10)7-16)11-4-13-6-18-11/h4,6-10H,3,5H2,1-2H3,(H,14,17). The van der Waals surface area contributed by atoms with Crippen LogP contribution in [0.3, 0.4) is 0 Å². The fraction of sp³-hybridized carbons (Fsp3) is 0.583. The molecule has 2 amide bonds. The fourth-order valence-corrected chi connectivity index (χ4v) is 2.17. The minimum atomic E-state index is -0.387. The molecule has 1 saturated heterocycles. The number of rotatable bonds is 4. The van der Waals surface area contributed by atoms with Crippen molar-refractivity contribution in [1.82, 2.24) is 15.2 Å². The molecule has 6 heteroatoms. The highest BCUT2D eigenvalue weighted by Gasteiger charge is 2.35. The van der Waals surface area contributed by atoms with Crippen molar-refractivity contribution in [2.45, 2.75) is 32.4 Å². The van der Waals surface area contributed by atoms with Gasteiger partial charge < -0.3 is 14.6 Å². The molecule has 0 bridgehead atoms. The summed E-state index contributed by atoms with van der Waals surface area (Å²) in [5, 5.41) is 2.87. The molecular formula is C12H17N3O3. The van der Waals surface area contributed by atoms with Crippen LogP contribution in [0.25, 0.3) is 0 Å². The van der Waals surface area contributed by atoms with E-state index in [1.807, 2.05) is 13.8 Å². The zero-order chi connectivity index (χ0) is 13.1. The lowest BCUT2D eigenvalue weighted by molar-refractivity contribution is -0.138. The lowest BCUT2D eigenvalue weighted by Crippen LogP contribution is -2.56. The summed E-state index contributed by atoms with van der Waals surface area (Å²) in [5.74, 6) is 0.784.